The van der Waals surface area contributed by atoms with Crippen LogP contribution in [-0.2, 0) is 27.1 Å². The maximum atomic E-state index is 12.9. The summed E-state index contributed by atoms with van der Waals surface area (Å²) < 4.78 is 57.3. The van der Waals surface area contributed by atoms with E-state index < -0.39 is 20.0 Å². The SMILES string of the molecule is Cn1sc(=O)c2cc(S(=O)(=O)Nc3ccccc3NS(=O)(=O)c3cccnc3)ccc21. The van der Waals surface area contributed by atoms with Crippen LogP contribution in [0.1, 0.15) is 0 Å². The number of benzene rings is 2. The number of hydrogen-bond acceptors (Lipinski definition) is 7. The zero-order valence-corrected chi connectivity index (χ0v) is 18.5. The maximum absolute atomic E-state index is 12.9. The molecule has 0 bridgehead atoms. The Morgan fingerprint density at radius 3 is 2.13 bits per heavy atom. The molecule has 0 radical (unpaired) electrons. The molecule has 0 aliphatic rings. The molecular weight excluding hydrogens is 460 g/mol. The van der Waals surface area contributed by atoms with E-state index in [0.29, 0.717) is 10.9 Å². The zero-order valence-electron chi connectivity index (χ0n) is 16.0. The largest absolute Gasteiger partial charge is 0.297 e. The van der Waals surface area contributed by atoms with Gasteiger partial charge in [0.2, 0.25) is 0 Å². The number of pyridine rings is 1. The van der Waals surface area contributed by atoms with Crippen molar-refractivity contribution in [2.75, 3.05) is 9.44 Å². The third kappa shape index (κ3) is 4.17. The van der Waals surface area contributed by atoms with E-state index in [9.17, 15) is 21.6 Å². The molecule has 4 rings (SSSR count). The molecule has 2 N–H and O–H groups in total. The van der Waals surface area contributed by atoms with Gasteiger partial charge >= 0.3 is 0 Å². The van der Waals surface area contributed by atoms with Gasteiger partial charge in [-0.3, -0.25) is 23.2 Å². The quantitative estimate of drug-likeness (QED) is 0.440. The average Bonchev–Trinajstić information content (AvgIpc) is 3.03. The lowest BCUT2D eigenvalue weighted by molar-refractivity contribution is 0.598. The Balaban J connectivity index is 1.69. The number of nitrogens with one attached hydrogen (secondary N) is 2. The molecule has 0 spiro atoms. The van der Waals surface area contributed by atoms with Crippen LogP contribution in [0.5, 0.6) is 0 Å². The fourth-order valence-corrected chi connectivity index (χ4v) is 5.83. The second-order valence-corrected chi connectivity index (χ2v) is 11.0. The predicted octanol–water partition coefficient (Wildman–Crippen LogP) is 2.60. The van der Waals surface area contributed by atoms with Gasteiger partial charge in [0.1, 0.15) is 4.90 Å². The molecule has 0 saturated carbocycles. The first-order valence-electron chi connectivity index (χ1n) is 8.82. The Morgan fingerprint density at radius 2 is 1.52 bits per heavy atom. The lowest BCUT2D eigenvalue weighted by atomic mass is 10.2. The van der Waals surface area contributed by atoms with Crippen molar-refractivity contribution in [3.05, 3.63) is 76.5 Å². The van der Waals surface area contributed by atoms with E-state index in [4.69, 9.17) is 0 Å². The number of sulfonamides is 2. The number of anilines is 2. The van der Waals surface area contributed by atoms with Gasteiger partial charge in [-0.05, 0) is 54.0 Å². The van der Waals surface area contributed by atoms with Crippen LogP contribution in [0.25, 0.3) is 10.9 Å². The molecule has 31 heavy (non-hydrogen) atoms. The van der Waals surface area contributed by atoms with Gasteiger partial charge in [-0.15, -0.1) is 0 Å². The van der Waals surface area contributed by atoms with Crippen molar-refractivity contribution in [1.82, 2.24) is 8.94 Å². The highest BCUT2D eigenvalue weighted by atomic mass is 32.2. The molecule has 4 aromatic rings. The van der Waals surface area contributed by atoms with E-state index in [0.717, 1.165) is 11.5 Å². The highest BCUT2D eigenvalue weighted by Gasteiger charge is 2.21. The van der Waals surface area contributed by atoms with Crippen LogP contribution in [-0.4, -0.2) is 25.8 Å². The average molecular weight is 477 g/mol. The van der Waals surface area contributed by atoms with Crippen molar-refractivity contribution >= 4 is 53.9 Å². The van der Waals surface area contributed by atoms with Crippen molar-refractivity contribution in [3.8, 4) is 0 Å². The lowest BCUT2D eigenvalue weighted by Crippen LogP contribution is -2.17. The first kappa shape index (κ1) is 21.0. The Kier molecular flexibility index (Phi) is 5.29. The van der Waals surface area contributed by atoms with Gasteiger partial charge in [0.15, 0.2) is 0 Å². The van der Waals surface area contributed by atoms with Crippen LogP contribution < -0.4 is 14.2 Å². The smallest absolute Gasteiger partial charge is 0.263 e. The van der Waals surface area contributed by atoms with Crippen LogP contribution in [0.2, 0.25) is 0 Å². The van der Waals surface area contributed by atoms with Gasteiger partial charge < -0.3 is 0 Å². The van der Waals surface area contributed by atoms with Gasteiger partial charge in [-0.1, -0.05) is 12.1 Å². The van der Waals surface area contributed by atoms with Crippen LogP contribution in [0.15, 0.2) is 81.6 Å². The van der Waals surface area contributed by atoms with E-state index in [1.807, 2.05) is 0 Å². The summed E-state index contributed by atoms with van der Waals surface area (Å²) >= 11 is 0.977. The summed E-state index contributed by atoms with van der Waals surface area (Å²) in [6.45, 7) is 0. The monoisotopic (exact) mass is 476 g/mol. The normalized spacial score (nSPS) is 12.0. The molecule has 0 aliphatic heterocycles. The van der Waals surface area contributed by atoms with Crippen LogP contribution in [0.3, 0.4) is 0 Å². The molecular formula is C19H16N4O5S3. The summed E-state index contributed by atoms with van der Waals surface area (Å²) in [5.41, 5.74) is 0.703. The number of aromatic nitrogens is 2. The van der Waals surface area contributed by atoms with Gasteiger partial charge in [0.05, 0.1) is 27.2 Å². The standard InChI is InChI=1S/C19H16N4O5S3/c1-23-18-9-8-13(11-15(18)19(24)29-23)30(25,26)21-16-6-2-3-7-17(16)22-31(27,28)14-5-4-10-20-12-14/h2-12,21-22H,1H3. The Hall–Kier alpha value is -3.22. The van der Waals surface area contributed by atoms with Crippen LogP contribution in [0, 0.1) is 0 Å². The Labute approximate surface area is 182 Å². The first-order chi connectivity index (χ1) is 14.7. The third-order valence-electron chi connectivity index (χ3n) is 4.42. The minimum Gasteiger partial charge on any atom is -0.297 e. The van der Waals surface area contributed by atoms with Crippen molar-refractivity contribution < 1.29 is 16.8 Å². The molecule has 2 aromatic heterocycles. The second-order valence-electron chi connectivity index (χ2n) is 6.50. The summed E-state index contributed by atoms with van der Waals surface area (Å²) in [5, 5.41) is 0.293. The molecule has 0 atom stereocenters. The van der Waals surface area contributed by atoms with E-state index in [1.54, 1.807) is 29.2 Å². The third-order valence-corrected chi connectivity index (χ3v) is 7.99. The van der Waals surface area contributed by atoms with Crippen molar-refractivity contribution in [1.29, 1.82) is 0 Å². The topological polar surface area (TPSA) is 127 Å². The van der Waals surface area contributed by atoms with Gasteiger partial charge in [0.25, 0.3) is 24.8 Å². The van der Waals surface area contributed by atoms with Crippen LogP contribution >= 0.6 is 11.5 Å². The van der Waals surface area contributed by atoms with E-state index in [-0.39, 0.29) is 25.9 Å². The fourth-order valence-electron chi connectivity index (χ4n) is 2.92. The summed E-state index contributed by atoms with van der Waals surface area (Å²) in [4.78, 5) is 15.7. The van der Waals surface area contributed by atoms with Crippen LogP contribution in [0.4, 0.5) is 11.4 Å². The highest BCUT2D eigenvalue weighted by molar-refractivity contribution is 7.93. The number of para-hydroxylation sites is 2. The van der Waals surface area contributed by atoms with Gasteiger partial charge in [-0.2, -0.15) is 0 Å². The number of hydrogen-bond donors (Lipinski definition) is 2. The fraction of sp³-hybridized carbons (Fsp3) is 0.0526. The predicted molar refractivity (Wildman–Crippen MR) is 119 cm³/mol. The van der Waals surface area contributed by atoms with E-state index in [1.165, 1.54) is 48.8 Å². The molecule has 12 heteroatoms. The summed E-state index contributed by atoms with van der Waals surface area (Å²) in [6, 6.07) is 13.1. The molecule has 9 nitrogen and oxygen atoms in total. The van der Waals surface area contributed by atoms with Crippen molar-refractivity contribution in [2.24, 2.45) is 7.05 Å². The maximum Gasteiger partial charge on any atom is 0.263 e. The molecule has 2 heterocycles. The lowest BCUT2D eigenvalue weighted by Gasteiger charge is -2.14. The molecule has 2 aromatic carbocycles. The summed E-state index contributed by atoms with van der Waals surface area (Å²) in [5.74, 6) is 0. The minimum atomic E-state index is -4.10. The van der Waals surface area contributed by atoms with E-state index >= 15 is 0 Å². The van der Waals surface area contributed by atoms with Crippen molar-refractivity contribution in [3.63, 3.8) is 0 Å². The number of rotatable bonds is 6. The van der Waals surface area contributed by atoms with Crippen molar-refractivity contribution in [2.45, 2.75) is 9.79 Å². The second kappa shape index (κ2) is 7.80. The molecule has 0 aliphatic carbocycles. The first-order valence-corrected chi connectivity index (χ1v) is 12.6. The molecule has 0 unspecified atom stereocenters. The van der Waals surface area contributed by atoms with E-state index in [2.05, 4.69) is 14.4 Å². The number of aryl methyl sites for hydroxylation is 1. The minimum absolute atomic E-state index is 0.0354. The molecule has 0 saturated heterocycles. The summed E-state index contributed by atoms with van der Waals surface area (Å²) in [7, 11) is -6.36. The summed E-state index contributed by atoms with van der Waals surface area (Å²) in [6.07, 6.45) is 2.63. The molecule has 160 valence electrons. The Bertz CT molecular complexity index is 1540. The Morgan fingerprint density at radius 1 is 0.871 bits per heavy atom. The number of fused-ring (bicyclic) bond motifs is 1. The van der Waals surface area contributed by atoms with Gasteiger partial charge in [0, 0.05) is 19.4 Å². The zero-order chi connectivity index (χ0) is 22.2. The molecule has 0 fully saturated rings. The van der Waals surface area contributed by atoms with Gasteiger partial charge in [-0.25, -0.2) is 16.8 Å². The number of nitrogens with zero attached hydrogens (tertiary/aromatic N) is 2. The molecule has 0 amide bonds. The highest BCUT2D eigenvalue weighted by Crippen LogP contribution is 2.27.